The van der Waals surface area contributed by atoms with Crippen molar-refractivity contribution in [1.29, 1.82) is 0 Å². The summed E-state index contributed by atoms with van der Waals surface area (Å²) in [5.74, 6) is 0.603. The van der Waals surface area contributed by atoms with E-state index in [9.17, 15) is 4.79 Å². The molecule has 0 aromatic carbocycles. The fourth-order valence-corrected chi connectivity index (χ4v) is 2.63. The number of amides is 1. The van der Waals surface area contributed by atoms with Crippen molar-refractivity contribution in [2.45, 2.75) is 38.6 Å². The van der Waals surface area contributed by atoms with Crippen LogP contribution in [0.15, 0.2) is 12.1 Å². The standard InChI is InChI=1S/C14H20ClN3O/c1-10-6-4-3-5-9-18(10)14(19)13-11(15)7-8-12(16-2)17-13/h7-8,10H,3-6,9H2,1-2H3,(H,16,17). The van der Waals surface area contributed by atoms with Crippen molar-refractivity contribution < 1.29 is 4.79 Å². The van der Waals surface area contributed by atoms with Crippen LogP contribution in [0.25, 0.3) is 0 Å². The molecule has 0 aliphatic carbocycles. The number of aromatic nitrogens is 1. The molecule has 0 radical (unpaired) electrons. The third-order valence-corrected chi connectivity index (χ3v) is 3.92. The molecule has 1 unspecified atom stereocenters. The summed E-state index contributed by atoms with van der Waals surface area (Å²) in [7, 11) is 1.78. The van der Waals surface area contributed by atoms with Gasteiger partial charge in [-0.2, -0.15) is 0 Å². The van der Waals surface area contributed by atoms with E-state index in [4.69, 9.17) is 11.6 Å². The summed E-state index contributed by atoms with van der Waals surface area (Å²) in [6.07, 6.45) is 4.48. The number of likely N-dealkylation sites (tertiary alicyclic amines) is 1. The number of hydrogen-bond acceptors (Lipinski definition) is 3. The maximum absolute atomic E-state index is 12.6. The lowest BCUT2D eigenvalue weighted by atomic mass is 10.1. The number of halogens is 1. The van der Waals surface area contributed by atoms with E-state index in [0.29, 0.717) is 16.5 Å². The minimum absolute atomic E-state index is 0.0588. The molecule has 1 aliphatic heterocycles. The van der Waals surface area contributed by atoms with E-state index < -0.39 is 0 Å². The number of nitrogens with one attached hydrogen (secondary N) is 1. The fourth-order valence-electron chi connectivity index (χ4n) is 2.44. The van der Waals surface area contributed by atoms with Gasteiger partial charge in [0.25, 0.3) is 5.91 Å². The Labute approximate surface area is 119 Å². The first-order chi connectivity index (χ1) is 9.13. The third-order valence-electron chi connectivity index (χ3n) is 3.62. The number of carbonyl (C=O) groups excluding carboxylic acids is 1. The summed E-state index contributed by atoms with van der Waals surface area (Å²) < 4.78 is 0. The van der Waals surface area contributed by atoms with Crippen molar-refractivity contribution in [2.24, 2.45) is 0 Å². The van der Waals surface area contributed by atoms with E-state index in [-0.39, 0.29) is 11.9 Å². The van der Waals surface area contributed by atoms with Crippen molar-refractivity contribution in [3.05, 3.63) is 22.8 Å². The molecule has 1 atom stereocenters. The molecule has 4 nitrogen and oxygen atoms in total. The van der Waals surface area contributed by atoms with Gasteiger partial charge in [-0.25, -0.2) is 4.98 Å². The lowest BCUT2D eigenvalue weighted by Crippen LogP contribution is -2.38. The van der Waals surface area contributed by atoms with E-state index >= 15 is 0 Å². The Balaban J connectivity index is 2.26. The molecule has 0 bridgehead atoms. The van der Waals surface area contributed by atoms with Gasteiger partial charge in [-0.1, -0.05) is 24.4 Å². The van der Waals surface area contributed by atoms with Crippen LogP contribution < -0.4 is 5.32 Å². The molecule has 104 valence electrons. The van der Waals surface area contributed by atoms with Gasteiger partial charge in [0.05, 0.1) is 5.02 Å². The minimum atomic E-state index is -0.0588. The molecule has 2 heterocycles. The number of anilines is 1. The van der Waals surface area contributed by atoms with Crippen LogP contribution in [0.2, 0.25) is 5.02 Å². The van der Waals surface area contributed by atoms with Gasteiger partial charge in [0.15, 0.2) is 0 Å². The van der Waals surface area contributed by atoms with Crippen molar-refractivity contribution in [2.75, 3.05) is 18.9 Å². The summed E-state index contributed by atoms with van der Waals surface area (Å²) in [4.78, 5) is 18.8. The van der Waals surface area contributed by atoms with Crippen LogP contribution >= 0.6 is 11.6 Å². The summed E-state index contributed by atoms with van der Waals surface area (Å²) >= 11 is 6.12. The van der Waals surface area contributed by atoms with Crippen molar-refractivity contribution in [3.8, 4) is 0 Å². The molecule has 1 aliphatic rings. The average Bonchev–Trinajstić information content (AvgIpc) is 2.63. The number of carbonyl (C=O) groups is 1. The second kappa shape index (κ2) is 6.24. The Morgan fingerprint density at radius 1 is 1.42 bits per heavy atom. The number of hydrogen-bond donors (Lipinski definition) is 1. The SMILES string of the molecule is CNc1ccc(Cl)c(C(=O)N2CCCCCC2C)n1. The first-order valence-corrected chi connectivity index (χ1v) is 7.16. The van der Waals surface area contributed by atoms with Gasteiger partial charge in [0.1, 0.15) is 11.5 Å². The highest BCUT2D eigenvalue weighted by atomic mass is 35.5. The summed E-state index contributed by atoms with van der Waals surface area (Å²) in [6.45, 7) is 2.89. The molecule has 1 saturated heterocycles. The first-order valence-electron chi connectivity index (χ1n) is 6.78. The first kappa shape index (κ1) is 14.1. The van der Waals surface area contributed by atoms with Gasteiger partial charge in [-0.05, 0) is 31.9 Å². The predicted octanol–water partition coefficient (Wildman–Crippen LogP) is 3.18. The van der Waals surface area contributed by atoms with E-state index in [1.54, 1.807) is 19.2 Å². The Hall–Kier alpha value is -1.29. The van der Waals surface area contributed by atoms with Gasteiger partial charge < -0.3 is 10.2 Å². The Bertz CT molecular complexity index is 464. The molecule has 1 aromatic rings. The normalized spacial score (nSPS) is 19.9. The molecule has 1 N–H and O–H groups in total. The highest BCUT2D eigenvalue weighted by molar-refractivity contribution is 6.33. The van der Waals surface area contributed by atoms with Crippen LogP contribution in [0.1, 0.15) is 43.1 Å². The zero-order valence-corrected chi connectivity index (χ0v) is 12.2. The lowest BCUT2D eigenvalue weighted by Gasteiger charge is -2.27. The Morgan fingerprint density at radius 2 is 2.21 bits per heavy atom. The van der Waals surface area contributed by atoms with Gasteiger partial charge in [-0.3, -0.25) is 4.79 Å². The van der Waals surface area contributed by atoms with Crippen LogP contribution in [0.3, 0.4) is 0 Å². The fraction of sp³-hybridized carbons (Fsp3) is 0.571. The highest BCUT2D eigenvalue weighted by Crippen LogP contribution is 2.23. The lowest BCUT2D eigenvalue weighted by molar-refractivity contribution is 0.0692. The Morgan fingerprint density at radius 3 is 2.95 bits per heavy atom. The Kier molecular flexibility index (Phi) is 4.64. The molecule has 0 saturated carbocycles. The minimum Gasteiger partial charge on any atom is -0.373 e. The largest absolute Gasteiger partial charge is 0.373 e. The van der Waals surface area contributed by atoms with E-state index in [1.165, 1.54) is 12.8 Å². The predicted molar refractivity (Wildman–Crippen MR) is 77.8 cm³/mol. The number of nitrogens with zero attached hydrogens (tertiary/aromatic N) is 2. The summed E-state index contributed by atoms with van der Waals surface area (Å²) in [5.41, 5.74) is 0.349. The van der Waals surface area contributed by atoms with Crippen LogP contribution in [-0.2, 0) is 0 Å². The number of pyridine rings is 1. The molecule has 1 fully saturated rings. The maximum Gasteiger partial charge on any atom is 0.274 e. The van der Waals surface area contributed by atoms with E-state index in [2.05, 4.69) is 17.2 Å². The molecule has 1 aromatic heterocycles. The quantitative estimate of drug-likeness (QED) is 0.905. The third kappa shape index (κ3) is 3.18. The second-order valence-corrected chi connectivity index (χ2v) is 5.38. The molecular weight excluding hydrogens is 262 g/mol. The summed E-state index contributed by atoms with van der Waals surface area (Å²) in [6, 6.07) is 3.74. The topological polar surface area (TPSA) is 45.2 Å². The molecule has 19 heavy (non-hydrogen) atoms. The van der Waals surface area contributed by atoms with Gasteiger partial charge >= 0.3 is 0 Å². The smallest absolute Gasteiger partial charge is 0.274 e. The second-order valence-electron chi connectivity index (χ2n) is 4.97. The molecule has 2 rings (SSSR count). The van der Waals surface area contributed by atoms with Crippen LogP contribution in [-0.4, -0.2) is 35.4 Å². The monoisotopic (exact) mass is 281 g/mol. The van der Waals surface area contributed by atoms with Crippen molar-refractivity contribution >= 4 is 23.3 Å². The van der Waals surface area contributed by atoms with E-state index in [0.717, 1.165) is 19.4 Å². The van der Waals surface area contributed by atoms with Crippen molar-refractivity contribution in [3.63, 3.8) is 0 Å². The molecule has 5 heteroatoms. The van der Waals surface area contributed by atoms with Crippen molar-refractivity contribution in [1.82, 2.24) is 9.88 Å². The summed E-state index contributed by atoms with van der Waals surface area (Å²) in [5, 5.41) is 3.35. The maximum atomic E-state index is 12.6. The van der Waals surface area contributed by atoms with E-state index in [1.807, 2.05) is 4.90 Å². The van der Waals surface area contributed by atoms with Gasteiger partial charge in [0, 0.05) is 19.6 Å². The highest BCUT2D eigenvalue weighted by Gasteiger charge is 2.25. The zero-order chi connectivity index (χ0) is 13.8. The molecule has 1 amide bonds. The van der Waals surface area contributed by atoms with Crippen LogP contribution in [0.4, 0.5) is 5.82 Å². The molecule has 0 spiro atoms. The van der Waals surface area contributed by atoms with Crippen LogP contribution in [0.5, 0.6) is 0 Å². The van der Waals surface area contributed by atoms with Gasteiger partial charge in [-0.15, -0.1) is 0 Å². The number of rotatable bonds is 2. The van der Waals surface area contributed by atoms with Crippen LogP contribution in [0, 0.1) is 0 Å². The van der Waals surface area contributed by atoms with Gasteiger partial charge in [0.2, 0.25) is 0 Å². The zero-order valence-electron chi connectivity index (χ0n) is 11.4. The molecular formula is C14H20ClN3O. The average molecular weight is 282 g/mol.